The fourth-order valence-electron chi connectivity index (χ4n) is 2.99. The molecule has 2 rings (SSSR count). The SMILES string of the molecule is CCN(CC)c1ccc(NC(=O)C(=O)Nc2ccc(C(C)(C)C)cc2)c(C)c1. The molecule has 0 saturated heterocycles. The van der Waals surface area contributed by atoms with E-state index >= 15 is 0 Å². The molecule has 0 heterocycles. The summed E-state index contributed by atoms with van der Waals surface area (Å²) in [6.45, 7) is 14.3. The van der Waals surface area contributed by atoms with Gasteiger partial charge in [0.1, 0.15) is 0 Å². The highest BCUT2D eigenvalue weighted by molar-refractivity contribution is 6.43. The Morgan fingerprint density at radius 3 is 1.96 bits per heavy atom. The van der Waals surface area contributed by atoms with Gasteiger partial charge in [0.25, 0.3) is 0 Å². The molecule has 2 aromatic carbocycles. The molecule has 28 heavy (non-hydrogen) atoms. The number of benzene rings is 2. The van der Waals surface area contributed by atoms with Crippen LogP contribution in [0.4, 0.5) is 17.1 Å². The molecule has 0 aliphatic heterocycles. The fraction of sp³-hybridized carbons (Fsp3) is 0.391. The Morgan fingerprint density at radius 2 is 1.46 bits per heavy atom. The Labute approximate surface area is 168 Å². The fourth-order valence-corrected chi connectivity index (χ4v) is 2.99. The maximum Gasteiger partial charge on any atom is 0.314 e. The molecule has 0 aliphatic carbocycles. The average Bonchev–Trinajstić information content (AvgIpc) is 2.64. The highest BCUT2D eigenvalue weighted by atomic mass is 16.2. The molecule has 0 radical (unpaired) electrons. The van der Waals surface area contributed by atoms with Gasteiger partial charge in [-0.05, 0) is 67.6 Å². The van der Waals surface area contributed by atoms with Crippen molar-refractivity contribution in [2.24, 2.45) is 0 Å². The lowest BCUT2D eigenvalue weighted by atomic mass is 9.87. The van der Waals surface area contributed by atoms with Gasteiger partial charge in [-0.1, -0.05) is 32.9 Å². The van der Waals surface area contributed by atoms with E-state index in [9.17, 15) is 9.59 Å². The van der Waals surface area contributed by atoms with Crippen molar-refractivity contribution in [3.8, 4) is 0 Å². The summed E-state index contributed by atoms with van der Waals surface area (Å²) < 4.78 is 0. The maximum absolute atomic E-state index is 12.3. The van der Waals surface area contributed by atoms with Crippen molar-refractivity contribution in [3.63, 3.8) is 0 Å². The molecule has 0 aliphatic rings. The van der Waals surface area contributed by atoms with E-state index in [2.05, 4.69) is 50.2 Å². The number of aryl methyl sites for hydroxylation is 1. The Balaban J connectivity index is 2.03. The number of nitrogens with one attached hydrogen (secondary N) is 2. The normalized spacial score (nSPS) is 11.1. The van der Waals surface area contributed by atoms with Gasteiger partial charge < -0.3 is 15.5 Å². The third-order valence-corrected chi connectivity index (χ3v) is 4.80. The van der Waals surface area contributed by atoms with Crippen LogP contribution in [0.5, 0.6) is 0 Å². The van der Waals surface area contributed by atoms with Crippen LogP contribution in [0.3, 0.4) is 0 Å². The van der Waals surface area contributed by atoms with Gasteiger partial charge in [-0.2, -0.15) is 0 Å². The van der Waals surface area contributed by atoms with E-state index < -0.39 is 11.8 Å². The van der Waals surface area contributed by atoms with Crippen LogP contribution >= 0.6 is 0 Å². The van der Waals surface area contributed by atoms with Crippen LogP contribution in [-0.4, -0.2) is 24.9 Å². The molecule has 5 heteroatoms. The van der Waals surface area contributed by atoms with Crippen molar-refractivity contribution in [2.75, 3.05) is 28.6 Å². The Kier molecular flexibility index (Phi) is 6.84. The molecule has 5 nitrogen and oxygen atoms in total. The lowest BCUT2D eigenvalue weighted by molar-refractivity contribution is -0.133. The second kappa shape index (κ2) is 8.91. The van der Waals surface area contributed by atoms with Crippen LogP contribution < -0.4 is 15.5 Å². The summed E-state index contributed by atoms with van der Waals surface area (Å²) in [6, 6.07) is 13.4. The summed E-state index contributed by atoms with van der Waals surface area (Å²) in [5.41, 5.74) is 4.46. The van der Waals surface area contributed by atoms with Gasteiger partial charge in [0.2, 0.25) is 0 Å². The molecule has 0 saturated carbocycles. The molecule has 0 bridgehead atoms. The Morgan fingerprint density at radius 1 is 0.893 bits per heavy atom. The Bertz CT molecular complexity index is 832. The molecule has 0 unspecified atom stereocenters. The number of anilines is 3. The molecule has 0 atom stereocenters. The first kappa shape index (κ1) is 21.5. The van der Waals surface area contributed by atoms with Gasteiger partial charge in [0.15, 0.2) is 0 Å². The number of hydrogen-bond acceptors (Lipinski definition) is 3. The molecule has 150 valence electrons. The maximum atomic E-state index is 12.3. The smallest absolute Gasteiger partial charge is 0.314 e. The lowest BCUT2D eigenvalue weighted by Gasteiger charge is -2.22. The van der Waals surface area contributed by atoms with E-state index in [1.807, 2.05) is 49.4 Å². The molecular formula is C23H31N3O2. The molecule has 2 aromatic rings. The molecule has 0 spiro atoms. The zero-order chi connectivity index (χ0) is 20.9. The van der Waals surface area contributed by atoms with Gasteiger partial charge in [0.05, 0.1) is 0 Å². The summed E-state index contributed by atoms with van der Waals surface area (Å²) in [5, 5.41) is 5.35. The second-order valence-electron chi connectivity index (χ2n) is 7.91. The van der Waals surface area contributed by atoms with Crippen LogP contribution in [0.25, 0.3) is 0 Å². The van der Waals surface area contributed by atoms with Crippen molar-refractivity contribution in [1.29, 1.82) is 0 Å². The quantitative estimate of drug-likeness (QED) is 0.737. The summed E-state index contributed by atoms with van der Waals surface area (Å²) in [5.74, 6) is -1.37. The molecule has 2 N–H and O–H groups in total. The highest BCUT2D eigenvalue weighted by Gasteiger charge is 2.17. The second-order valence-corrected chi connectivity index (χ2v) is 7.91. The number of rotatable bonds is 5. The van der Waals surface area contributed by atoms with Crippen molar-refractivity contribution in [1.82, 2.24) is 0 Å². The summed E-state index contributed by atoms with van der Waals surface area (Å²) in [7, 11) is 0. The van der Waals surface area contributed by atoms with Crippen LogP contribution in [-0.2, 0) is 15.0 Å². The van der Waals surface area contributed by atoms with E-state index in [-0.39, 0.29) is 5.41 Å². The first-order valence-corrected chi connectivity index (χ1v) is 9.74. The third kappa shape index (κ3) is 5.35. The Hall–Kier alpha value is -2.82. The average molecular weight is 382 g/mol. The van der Waals surface area contributed by atoms with E-state index in [4.69, 9.17) is 0 Å². The van der Waals surface area contributed by atoms with E-state index in [1.54, 1.807) is 0 Å². The summed E-state index contributed by atoms with van der Waals surface area (Å²) >= 11 is 0. The highest BCUT2D eigenvalue weighted by Crippen LogP contribution is 2.24. The molecular weight excluding hydrogens is 350 g/mol. The standard InChI is InChI=1S/C23H31N3O2/c1-7-26(8-2)19-13-14-20(16(3)15-19)25-22(28)21(27)24-18-11-9-17(10-12-18)23(4,5)6/h9-15H,7-8H2,1-6H3,(H,24,27)(H,25,28). The minimum atomic E-state index is -0.685. The minimum absolute atomic E-state index is 0.0364. The van der Waals surface area contributed by atoms with E-state index in [0.717, 1.165) is 24.3 Å². The van der Waals surface area contributed by atoms with Crippen molar-refractivity contribution in [2.45, 2.75) is 47.0 Å². The number of nitrogens with zero attached hydrogens (tertiary/aromatic N) is 1. The predicted molar refractivity (Wildman–Crippen MR) is 117 cm³/mol. The lowest BCUT2D eigenvalue weighted by Crippen LogP contribution is -2.29. The molecule has 2 amide bonds. The number of carbonyl (C=O) groups excluding carboxylic acids is 2. The molecule has 0 aromatic heterocycles. The van der Waals surface area contributed by atoms with Crippen LogP contribution in [0.15, 0.2) is 42.5 Å². The monoisotopic (exact) mass is 381 g/mol. The minimum Gasteiger partial charge on any atom is -0.372 e. The predicted octanol–water partition coefficient (Wildman–Crippen LogP) is 4.72. The molecule has 0 fully saturated rings. The van der Waals surface area contributed by atoms with Gasteiger partial charge in [0, 0.05) is 30.2 Å². The van der Waals surface area contributed by atoms with Gasteiger partial charge >= 0.3 is 11.8 Å². The summed E-state index contributed by atoms with van der Waals surface area (Å²) in [6.07, 6.45) is 0. The van der Waals surface area contributed by atoms with Crippen LogP contribution in [0, 0.1) is 6.92 Å². The largest absolute Gasteiger partial charge is 0.372 e. The third-order valence-electron chi connectivity index (χ3n) is 4.80. The van der Waals surface area contributed by atoms with Crippen LogP contribution in [0.1, 0.15) is 45.7 Å². The van der Waals surface area contributed by atoms with E-state index in [0.29, 0.717) is 11.4 Å². The van der Waals surface area contributed by atoms with E-state index in [1.165, 1.54) is 5.56 Å². The number of amides is 2. The first-order chi connectivity index (χ1) is 13.2. The summed E-state index contributed by atoms with van der Waals surface area (Å²) in [4.78, 5) is 26.8. The van der Waals surface area contributed by atoms with Crippen LogP contribution in [0.2, 0.25) is 0 Å². The topological polar surface area (TPSA) is 61.4 Å². The van der Waals surface area contributed by atoms with Gasteiger partial charge in [-0.25, -0.2) is 0 Å². The van der Waals surface area contributed by atoms with Crippen molar-refractivity contribution < 1.29 is 9.59 Å². The first-order valence-electron chi connectivity index (χ1n) is 9.74. The van der Waals surface area contributed by atoms with Crippen molar-refractivity contribution >= 4 is 28.9 Å². The number of hydrogen-bond donors (Lipinski definition) is 2. The van der Waals surface area contributed by atoms with Gasteiger partial charge in [-0.15, -0.1) is 0 Å². The van der Waals surface area contributed by atoms with Gasteiger partial charge in [-0.3, -0.25) is 9.59 Å². The zero-order valence-electron chi connectivity index (χ0n) is 17.7. The zero-order valence-corrected chi connectivity index (χ0v) is 17.7. The number of carbonyl (C=O) groups is 2. The van der Waals surface area contributed by atoms with Crippen molar-refractivity contribution in [3.05, 3.63) is 53.6 Å².